The summed E-state index contributed by atoms with van der Waals surface area (Å²) in [6.07, 6.45) is 0. The van der Waals surface area contributed by atoms with Crippen molar-refractivity contribution < 1.29 is 10.1 Å². The van der Waals surface area contributed by atoms with E-state index in [1.54, 1.807) is 0 Å². The van der Waals surface area contributed by atoms with E-state index in [0.29, 0.717) is 0 Å². The van der Waals surface area contributed by atoms with Crippen LogP contribution in [-0.4, -0.2) is 29.1 Å². The van der Waals surface area contributed by atoms with Crippen LogP contribution < -0.4 is 16.5 Å². The van der Waals surface area contributed by atoms with Crippen molar-refractivity contribution in [2.45, 2.75) is 0 Å². The molecular weight excluding hydrogens is 184 g/mol. The molecule has 0 spiro atoms. The van der Waals surface area contributed by atoms with Crippen LogP contribution in [0.4, 0.5) is 0 Å². The molecule has 0 heterocycles. The molecule has 0 bridgehead atoms. The average Bonchev–Trinajstić information content (AvgIpc) is 1.96. The number of nitrogens with two attached hydrogens (primary N) is 1. The Morgan fingerprint density at radius 1 is 1.38 bits per heavy atom. The molecule has 0 aliphatic carbocycles. The molecular formula is C3H8N6O4. The third-order valence-corrected chi connectivity index (χ3v) is 0.861. The van der Waals surface area contributed by atoms with Gasteiger partial charge in [0.1, 0.15) is 5.10 Å². The fourth-order valence-corrected chi connectivity index (χ4v) is 0.461. The number of nitrogens with zero attached hydrogens (tertiary/aromatic N) is 3. The SMILES string of the molecule is N/C(=N\[N+](=O)[O-])NCCN[N+](=O)[O-]. The quantitative estimate of drug-likeness (QED) is 0.148. The average molecular weight is 192 g/mol. The van der Waals surface area contributed by atoms with Crippen molar-refractivity contribution in [2.24, 2.45) is 10.8 Å². The molecule has 0 aliphatic rings. The first kappa shape index (κ1) is 10.9. The van der Waals surface area contributed by atoms with Gasteiger partial charge >= 0.3 is 0 Å². The Morgan fingerprint density at radius 2 is 2.00 bits per heavy atom. The Kier molecular flexibility index (Phi) is 4.61. The van der Waals surface area contributed by atoms with Gasteiger partial charge in [0.2, 0.25) is 0 Å². The molecule has 0 aromatic heterocycles. The van der Waals surface area contributed by atoms with E-state index in [0.717, 1.165) is 0 Å². The number of hydrogen-bond donors (Lipinski definition) is 3. The van der Waals surface area contributed by atoms with Gasteiger partial charge in [0, 0.05) is 6.54 Å². The van der Waals surface area contributed by atoms with E-state index in [1.165, 1.54) is 0 Å². The van der Waals surface area contributed by atoms with E-state index in [9.17, 15) is 20.2 Å². The summed E-state index contributed by atoms with van der Waals surface area (Å²) in [5.74, 6) is -0.393. The fourth-order valence-electron chi connectivity index (χ4n) is 0.461. The molecule has 0 saturated heterocycles. The normalized spacial score (nSPS) is 10.6. The predicted molar refractivity (Wildman–Crippen MR) is 41.6 cm³/mol. The molecule has 0 unspecified atom stereocenters. The zero-order valence-corrected chi connectivity index (χ0v) is 6.47. The van der Waals surface area contributed by atoms with Crippen LogP contribution in [0.2, 0.25) is 0 Å². The lowest BCUT2D eigenvalue weighted by molar-refractivity contribution is -0.543. The molecule has 0 aliphatic heterocycles. The number of nitro groups is 2. The number of rotatable bonds is 5. The van der Waals surface area contributed by atoms with Crippen LogP contribution in [0.5, 0.6) is 0 Å². The number of guanidine groups is 1. The van der Waals surface area contributed by atoms with Crippen molar-refractivity contribution in [3.63, 3.8) is 0 Å². The highest BCUT2D eigenvalue weighted by molar-refractivity contribution is 5.76. The molecule has 74 valence electrons. The summed E-state index contributed by atoms with van der Waals surface area (Å²) in [6.45, 7) is 0.0606. The van der Waals surface area contributed by atoms with Crippen LogP contribution >= 0.6 is 0 Å². The Morgan fingerprint density at radius 3 is 2.46 bits per heavy atom. The Bertz CT molecular complexity index is 226. The third kappa shape index (κ3) is 7.77. The molecule has 0 atom stereocenters. The van der Waals surface area contributed by atoms with Gasteiger partial charge in [0.25, 0.3) is 5.96 Å². The second-order valence-electron chi connectivity index (χ2n) is 1.82. The summed E-state index contributed by atoms with van der Waals surface area (Å²) < 4.78 is 0. The number of hydrazine groups is 1. The van der Waals surface area contributed by atoms with Crippen LogP contribution in [0.3, 0.4) is 0 Å². The molecule has 10 heteroatoms. The zero-order chi connectivity index (χ0) is 10.3. The van der Waals surface area contributed by atoms with Gasteiger partial charge in [0.05, 0.1) is 6.54 Å². The summed E-state index contributed by atoms with van der Waals surface area (Å²) in [7, 11) is 0. The highest BCUT2D eigenvalue weighted by atomic mass is 16.7. The van der Waals surface area contributed by atoms with Crippen LogP contribution in [0.15, 0.2) is 5.10 Å². The maximum Gasteiger partial charge on any atom is 0.266 e. The molecule has 0 radical (unpaired) electrons. The molecule has 0 aromatic rings. The van der Waals surface area contributed by atoms with E-state index in [2.05, 4.69) is 10.4 Å². The Labute approximate surface area is 72.1 Å². The van der Waals surface area contributed by atoms with Gasteiger partial charge in [-0.3, -0.25) is 0 Å². The highest BCUT2D eigenvalue weighted by Crippen LogP contribution is 1.68. The van der Waals surface area contributed by atoms with Gasteiger partial charge in [0.15, 0.2) is 10.1 Å². The molecule has 0 saturated carbocycles. The van der Waals surface area contributed by atoms with Crippen molar-refractivity contribution in [2.75, 3.05) is 13.1 Å². The second-order valence-corrected chi connectivity index (χ2v) is 1.82. The van der Waals surface area contributed by atoms with Gasteiger partial charge in [-0.1, -0.05) is 0 Å². The number of hydrazone groups is 1. The minimum absolute atomic E-state index is 0.0130. The molecule has 0 fully saturated rings. The lowest BCUT2D eigenvalue weighted by atomic mass is 10.6. The van der Waals surface area contributed by atoms with E-state index >= 15 is 0 Å². The predicted octanol–water partition coefficient (Wildman–Crippen LogP) is -2.14. The Balaban J connectivity index is 3.53. The van der Waals surface area contributed by atoms with Crippen LogP contribution in [-0.2, 0) is 0 Å². The largest absolute Gasteiger partial charge is 0.365 e. The first-order valence-corrected chi connectivity index (χ1v) is 3.12. The van der Waals surface area contributed by atoms with Gasteiger partial charge < -0.3 is 11.1 Å². The van der Waals surface area contributed by atoms with Crippen molar-refractivity contribution in [1.82, 2.24) is 10.7 Å². The van der Waals surface area contributed by atoms with Gasteiger partial charge in [-0.2, -0.15) is 0 Å². The molecule has 0 rings (SSSR count). The lowest BCUT2D eigenvalue weighted by Crippen LogP contribution is -2.38. The smallest absolute Gasteiger partial charge is 0.266 e. The minimum atomic E-state index is -0.969. The highest BCUT2D eigenvalue weighted by Gasteiger charge is 1.98. The molecule has 4 N–H and O–H groups in total. The molecule has 13 heavy (non-hydrogen) atoms. The maximum atomic E-state index is 9.72. The van der Waals surface area contributed by atoms with Gasteiger partial charge in [-0.15, -0.1) is 5.43 Å². The van der Waals surface area contributed by atoms with Crippen molar-refractivity contribution in [3.05, 3.63) is 20.2 Å². The van der Waals surface area contributed by atoms with E-state index in [4.69, 9.17) is 5.73 Å². The van der Waals surface area contributed by atoms with Gasteiger partial charge in [-0.25, -0.2) is 20.2 Å². The molecule has 0 aromatic carbocycles. The third-order valence-electron chi connectivity index (χ3n) is 0.861. The van der Waals surface area contributed by atoms with Crippen molar-refractivity contribution in [3.8, 4) is 0 Å². The molecule has 10 nitrogen and oxygen atoms in total. The van der Waals surface area contributed by atoms with Crippen LogP contribution in [0.25, 0.3) is 0 Å². The van der Waals surface area contributed by atoms with E-state index in [1.807, 2.05) is 5.43 Å². The van der Waals surface area contributed by atoms with Crippen molar-refractivity contribution >= 4 is 5.96 Å². The monoisotopic (exact) mass is 192 g/mol. The van der Waals surface area contributed by atoms with E-state index < -0.39 is 16.0 Å². The van der Waals surface area contributed by atoms with Crippen LogP contribution in [0, 0.1) is 20.2 Å². The second kappa shape index (κ2) is 5.51. The van der Waals surface area contributed by atoms with Gasteiger partial charge in [-0.05, 0) is 0 Å². The van der Waals surface area contributed by atoms with E-state index in [-0.39, 0.29) is 13.1 Å². The summed E-state index contributed by atoms with van der Waals surface area (Å²) in [6, 6.07) is 0. The summed E-state index contributed by atoms with van der Waals surface area (Å²) in [4.78, 5) is 19.4. The molecule has 0 amide bonds. The number of nitrogens with one attached hydrogen (secondary N) is 2. The summed E-state index contributed by atoms with van der Waals surface area (Å²) in [5.41, 5.74) is 6.82. The lowest BCUT2D eigenvalue weighted by Gasteiger charge is -1.99. The fraction of sp³-hybridized carbons (Fsp3) is 0.667. The minimum Gasteiger partial charge on any atom is -0.365 e. The topological polar surface area (TPSA) is 149 Å². The summed E-state index contributed by atoms with van der Waals surface area (Å²) >= 11 is 0. The first-order chi connectivity index (χ1) is 6.02. The number of hydrogen-bond acceptors (Lipinski definition) is 4. The maximum absolute atomic E-state index is 9.72. The summed E-state index contributed by atoms with van der Waals surface area (Å²) in [5, 5.41) is 22.7. The zero-order valence-electron chi connectivity index (χ0n) is 6.47. The van der Waals surface area contributed by atoms with Crippen LogP contribution in [0.1, 0.15) is 0 Å². The standard InChI is InChI=1S/C3H8N6O4/c4-3(7-9(12)13)5-1-2-6-8(10)11/h6H,1-2H2,(H3,4,5,7). The first-order valence-electron chi connectivity index (χ1n) is 3.12. The van der Waals surface area contributed by atoms with Crippen molar-refractivity contribution in [1.29, 1.82) is 0 Å². The Hall–Kier alpha value is -2.13.